The minimum atomic E-state index is -1.22. The first-order chi connectivity index (χ1) is 12.4. The number of amides is 1. The van der Waals surface area contributed by atoms with Gasteiger partial charge in [0.25, 0.3) is 5.56 Å². The van der Waals surface area contributed by atoms with Crippen LogP contribution in [0.2, 0.25) is 0 Å². The van der Waals surface area contributed by atoms with Crippen molar-refractivity contribution in [3.8, 4) is 5.69 Å². The fourth-order valence-electron chi connectivity index (χ4n) is 2.60. The zero-order valence-corrected chi connectivity index (χ0v) is 15.3. The Morgan fingerprint density at radius 1 is 1.23 bits per heavy atom. The fraction of sp³-hybridized carbons (Fsp3) is 0.118. The number of fused-ring (bicyclic) bond motifs is 1. The summed E-state index contributed by atoms with van der Waals surface area (Å²) in [5.41, 5.74) is -0.0357. The van der Waals surface area contributed by atoms with Crippen LogP contribution in [0.5, 0.6) is 0 Å². The number of nitrogens with zero attached hydrogens (tertiary/aromatic N) is 2. The summed E-state index contributed by atoms with van der Waals surface area (Å²) in [4.78, 5) is 28.1. The molecule has 0 fully saturated rings. The molecule has 0 aliphatic heterocycles. The molecular formula is C17H12F2IN3O3. The van der Waals surface area contributed by atoms with Gasteiger partial charge in [0.2, 0.25) is 0 Å². The van der Waals surface area contributed by atoms with Gasteiger partial charge in [0.1, 0.15) is 17.5 Å². The van der Waals surface area contributed by atoms with Crippen LogP contribution in [-0.2, 0) is 6.42 Å². The van der Waals surface area contributed by atoms with Crippen LogP contribution in [0.1, 0.15) is 5.82 Å². The van der Waals surface area contributed by atoms with E-state index in [0.29, 0.717) is 17.0 Å². The molecule has 9 heteroatoms. The van der Waals surface area contributed by atoms with Gasteiger partial charge in [0.05, 0.1) is 16.6 Å². The number of hydrogen-bond donors (Lipinski definition) is 2. The Balaban J connectivity index is 2.25. The zero-order chi connectivity index (χ0) is 18.8. The van der Waals surface area contributed by atoms with Gasteiger partial charge in [-0.2, -0.15) is 0 Å². The maximum Gasteiger partial charge on any atom is 0.404 e. The molecule has 0 unspecified atom stereocenters. The second kappa shape index (κ2) is 7.36. The van der Waals surface area contributed by atoms with Crippen molar-refractivity contribution in [2.45, 2.75) is 6.42 Å². The van der Waals surface area contributed by atoms with Crippen LogP contribution < -0.4 is 10.9 Å². The third kappa shape index (κ3) is 3.66. The first-order valence-electron chi connectivity index (χ1n) is 7.50. The molecule has 1 aromatic heterocycles. The molecule has 1 heterocycles. The Morgan fingerprint density at radius 2 is 1.92 bits per heavy atom. The summed E-state index contributed by atoms with van der Waals surface area (Å²) in [6.45, 7) is -0.00547. The Labute approximate surface area is 159 Å². The van der Waals surface area contributed by atoms with Crippen molar-refractivity contribution in [1.82, 2.24) is 14.9 Å². The van der Waals surface area contributed by atoms with E-state index in [0.717, 1.165) is 20.3 Å². The molecule has 0 saturated carbocycles. The van der Waals surface area contributed by atoms with Crippen LogP contribution in [-0.4, -0.2) is 27.3 Å². The minimum absolute atomic E-state index is 0.00547. The van der Waals surface area contributed by atoms with Crippen LogP contribution >= 0.6 is 22.6 Å². The normalized spacial score (nSPS) is 10.9. The van der Waals surface area contributed by atoms with E-state index >= 15 is 0 Å². The number of aromatic nitrogens is 2. The molecule has 2 aromatic carbocycles. The minimum Gasteiger partial charge on any atom is -0.465 e. The SMILES string of the molecule is O=C(O)NCCc1nc2c(I)cccc2c(=O)n1-c1cc(F)cc(F)c1. The number of rotatable bonds is 4. The molecule has 1 amide bonds. The van der Waals surface area contributed by atoms with Crippen molar-refractivity contribution >= 4 is 39.6 Å². The Kier molecular flexibility index (Phi) is 5.16. The van der Waals surface area contributed by atoms with Gasteiger partial charge in [-0.3, -0.25) is 9.36 Å². The summed E-state index contributed by atoms with van der Waals surface area (Å²) in [6.07, 6.45) is -1.15. The number of nitrogens with one attached hydrogen (secondary N) is 1. The van der Waals surface area contributed by atoms with Crippen LogP contribution in [0.4, 0.5) is 13.6 Å². The number of hydrogen-bond acceptors (Lipinski definition) is 3. The van der Waals surface area contributed by atoms with Crippen molar-refractivity contribution in [1.29, 1.82) is 0 Å². The third-order valence-electron chi connectivity index (χ3n) is 3.65. The molecule has 134 valence electrons. The first-order valence-corrected chi connectivity index (χ1v) is 8.58. The molecule has 0 aliphatic rings. The summed E-state index contributed by atoms with van der Waals surface area (Å²) in [5, 5.41) is 11.2. The van der Waals surface area contributed by atoms with Crippen LogP contribution in [0.15, 0.2) is 41.2 Å². The Morgan fingerprint density at radius 3 is 2.58 bits per heavy atom. The number of carbonyl (C=O) groups is 1. The molecule has 0 bridgehead atoms. The molecule has 0 aliphatic carbocycles. The van der Waals surface area contributed by atoms with Crippen molar-refractivity contribution in [3.05, 3.63) is 67.8 Å². The van der Waals surface area contributed by atoms with Crippen molar-refractivity contribution in [2.75, 3.05) is 6.54 Å². The van der Waals surface area contributed by atoms with Gasteiger partial charge in [-0.25, -0.2) is 18.6 Å². The van der Waals surface area contributed by atoms with Gasteiger partial charge in [-0.1, -0.05) is 6.07 Å². The summed E-state index contributed by atoms with van der Waals surface area (Å²) in [6, 6.07) is 7.81. The lowest BCUT2D eigenvalue weighted by Crippen LogP contribution is -2.29. The number of benzene rings is 2. The maximum atomic E-state index is 13.6. The van der Waals surface area contributed by atoms with Crippen molar-refractivity contribution in [2.24, 2.45) is 0 Å². The van der Waals surface area contributed by atoms with E-state index in [1.807, 2.05) is 22.6 Å². The molecule has 0 spiro atoms. The summed E-state index contributed by atoms with van der Waals surface area (Å²) in [7, 11) is 0. The number of halogens is 3. The average Bonchev–Trinajstić information content (AvgIpc) is 2.55. The molecular weight excluding hydrogens is 459 g/mol. The molecule has 26 heavy (non-hydrogen) atoms. The van der Waals surface area contributed by atoms with Crippen molar-refractivity contribution in [3.63, 3.8) is 0 Å². The van der Waals surface area contributed by atoms with E-state index in [1.165, 1.54) is 0 Å². The summed E-state index contributed by atoms with van der Waals surface area (Å²) >= 11 is 2.04. The second-order valence-electron chi connectivity index (χ2n) is 5.41. The standard InChI is InChI=1S/C17H12F2IN3O3/c18-9-6-10(19)8-11(7-9)23-14(4-5-21-17(25)26)22-15-12(16(23)24)2-1-3-13(15)20/h1-3,6-8,21H,4-5H2,(H,25,26). The van der Waals surface area contributed by atoms with Gasteiger partial charge in [-0.15, -0.1) is 0 Å². The van der Waals surface area contributed by atoms with E-state index in [1.54, 1.807) is 18.2 Å². The second-order valence-corrected chi connectivity index (χ2v) is 6.58. The molecule has 3 aromatic rings. The number of para-hydroxylation sites is 1. The molecule has 0 radical (unpaired) electrons. The van der Waals surface area contributed by atoms with E-state index in [2.05, 4.69) is 10.3 Å². The predicted molar refractivity (Wildman–Crippen MR) is 99.7 cm³/mol. The Bertz CT molecular complexity index is 1050. The Hall–Kier alpha value is -2.56. The van der Waals surface area contributed by atoms with Crippen LogP contribution in [0, 0.1) is 15.2 Å². The van der Waals surface area contributed by atoms with Crippen molar-refractivity contribution < 1.29 is 18.7 Å². The van der Waals surface area contributed by atoms with Crippen LogP contribution in [0.25, 0.3) is 16.6 Å². The first kappa shape index (κ1) is 18.2. The van der Waals surface area contributed by atoms with E-state index in [-0.39, 0.29) is 24.5 Å². The smallest absolute Gasteiger partial charge is 0.404 e. The van der Waals surface area contributed by atoms with Gasteiger partial charge >= 0.3 is 6.09 Å². The average molecular weight is 471 g/mol. The maximum absolute atomic E-state index is 13.6. The largest absolute Gasteiger partial charge is 0.465 e. The lowest BCUT2D eigenvalue weighted by Gasteiger charge is -2.14. The lowest BCUT2D eigenvalue weighted by atomic mass is 10.2. The quantitative estimate of drug-likeness (QED) is 0.574. The molecule has 3 rings (SSSR count). The topological polar surface area (TPSA) is 84.2 Å². The summed E-state index contributed by atoms with van der Waals surface area (Å²) < 4.78 is 29.1. The zero-order valence-electron chi connectivity index (χ0n) is 13.2. The van der Waals surface area contributed by atoms with E-state index in [9.17, 15) is 18.4 Å². The molecule has 6 nitrogen and oxygen atoms in total. The fourth-order valence-corrected chi connectivity index (χ4v) is 3.22. The summed E-state index contributed by atoms with van der Waals surface area (Å²) in [5.74, 6) is -1.46. The highest BCUT2D eigenvalue weighted by molar-refractivity contribution is 14.1. The molecule has 2 N–H and O–H groups in total. The van der Waals surface area contributed by atoms with E-state index < -0.39 is 23.3 Å². The lowest BCUT2D eigenvalue weighted by molar-refractivity contribution is 0.194. The van der Waals surface area contributed by atoms with Crippen LogP contribution in [0.3, 0.4) is 0 Å². The molecule has 0 atom stereocenters. The monoisotopic (exact) mass is 471 g/mol. The third-order valence-corrected chi connectivity index (χ3v) is 4.52. The highest BCUT2D eigenvalue weighted by Crippen LogP contribution is 2.19. The highest BCUT2D eigenvalue weighted by atomic mass is 127. The number of carboxylic acid groups (broad SMARTS) is 1. The van der Waals surface area contributed by atoms with Gasteiger partial charge in [0.15, 0.2) is 0 Å². The van der Waals surface area contributed by atoms with Gasteiger partial charge in [0, 0.05) is 22.6 Å². The van der Waals surface area contributed by atoms with Gasteiger partial charge < -0.3 is 10.4 Å². The highest BCUT2D eigenvalue weighted by Gasteiger charge is 2.16. The predicted octanol–water partition coefficient (Wildman–Crippen LogP) is 3.08. The molecule has 0 saturated heterocycles. The van der Waals surface area contributed by atoms with E-state index in [4.69, 9.17) is 5.11 Å². The van der Waals surface area contributed by atoms with Gasteiger partial charge in [-0.05, 0) is 46.9 Å².